The van der Waals surface area contributed by atoms with Crippen molar-refractivity contribution in [2.24, 2.45) is 0 Å². The van der Waals surface area contributed by atoms with Gasteiger partial charge in [-0.2, -0.15) is 0 Å². The van der Waals surface area contributed by atoms with Crippen LogP contribution >= 0.6 is 0 Å². The summed E-state index contributed by atoms with van der Waals surface area (Å²) in [4.78, 5) is 5.16. The first kappa shape index (κ1) is 36.3. The SMILES string of the molecule is CCCCc1ccc(N2B3c4ccc5c(oc6ccccc65)c4N(c4ccc(CCCC)cc4-c4ccccc4)c4cc(-c5ccccc5)cc(c43)-c3ccccc32)cc1. The number of unbranched alkanes of at least 4 members (excludes halogenated alkanes) is 2. The highest BCUT2D eigenvalue weighted by Crippen LogP contribution is 2.51. The summed E-state index contributed by atoms with van der Waals surface area (Å²) in [6.45, 7) is 4.42. The molecule has 0 radical (unpaired) electrons. The van der Waals surface area contributed by atoms with Crippen LogP contribution in [0.1, 0.15) is 50.7 Å². The van der Waals surface area contributed by atoms with Gasteiger partial charge in [-0.05, 0) is 119 Å². The molecule has 0 saturated carbocycles. The van der Waals surface area contributed by atoms with Gasteiger partial charge in [0.25, 0.3) is 0 Å². The van der Waals surface area contributed by atoms with E-state index in [2.05, 4.69) is 199 Å². The zero-order valence-electron chi connectivity index (χ0n) is 34.4. The molecule has 2 aliphatic rings. The van der Waals surface area contributed by atoms with E-state index in [0.717, 1.165) is 59.0 Å². The molecule has 3 nitrogen and oxygen atoms in total. The van der Waals surface area contributed by atoms with Crippen LogP contribution in [-0.2, 0) is 12.8 Å². The summed E-state index contributed by atoms with van der Waals surface area (Å²) in [5, 5.41) is 2.26. The third-order valence-electron chi connectivity index (χ3n) is 12.8. The molecular formula is C56H47BN2O. The van der Waals surface area contributed by atoms with Crippen molar-refractivity contribution in [2.75, 3.05) is 9.71 Å². The molecule has 60 heavy (non-hydrogen) atoms. The lowest BCUT2D eigenvalue weighted by molar-refractivity contribution is 0.669. The molecule has 0 fully saturated rings. The molecule has 0 spiro atoms. The van der Waals surface area contributed by atoms with Crippen LogP contribution in [0.2, 0.25) is 0 Å². The molecule has 0 unspecified atom stereocenters. The minimum atomic E-state index is -0.121. The molecule has 9 aromatic rings. The minimum absolute atomic E-state index is 0.121. The molecular weight excluding hydrogens is 727 g/mol. The predicted octanol–water partition coefficient (Wildman–Crippen LogP) is 14.3. The van der Waals surface area contributed by atoms with E-state index in [-0.39, 0.29) is 6.85 Å². The fourth-order valence-corrected chi connectivity index (χ4v) is 9.87. The van der Waals surface area contributed by atoms with Gasteiger partial charge in [-0.3, -0.25) is 0 Å². The van der Waals surface area contributed by atoms with Crippen LogP contribution in [0.4, 0.5) is 28.4 Å². The highest BCUT2D eigenvalue weighted by atomic mass is 16.3. The van der Waals surface area contributed by atoms with Crippen molar-refractivity contribution in [3.05, 3.63) is 187 Å². The molecule has 0 saturated heterocycles. The average molecular weight is 775 g/mol. The van der Waals surface area contributed by atoms with Gasteiger partial charge in [0.1, 0.15) is 5.58 Å². The topological polar surface area (TPSA) is 19.6 Å². The molecule has 8 aromatic carbocycles. The van der Waals surface area contributed by atoms with Gasteiger partial charge in [0.2, 0.25) is 0 Å². The van der Waals surface area contributed by atoms with Crippen molar-refractivity contribution in [1.29, 1.82) is 0 Å². The van der Waals surface area contributed by atoms with E-state index in [1.165, 1.54) is 85.3 Å². The molecule has 2 aliphatic heterocycles. The maximum absolute atomic E-state index is 7.10. The summed E-state index contributed by atoms with van der Waals surface area (Å²) in [6.07, 6.45) is 6.83. The predicted molar refractivity (Wildman–Crippen MR) is 256 cm³/mol. The Bertz CT molecular complexity index is 3020. The fraction of sp³-hybridized carbons (Fsp3) is 0.143. The lowest BCUT2D eigenvalue weighted by Gasteiger charge is -2.46. The molecule has 0 aliphatic carbocycles. The first-order valence-corrected chi connectivity index (χ1v) is 21.8. The summed E-state index contributed by atoms with van der Waals surface area (Å²) in [5.41, 5.74) is 20.2. The van der Waals surface area contributed by atoms with Gasteiger partial charge in [0.05, 0.1) is 11.4 Å². The Morgan fingerprint density at radius 2 is 1.17 bits per heavy atom. The number of hydrogen-bond acceptors (Lipinski definition) is 3. The van der Waals surface area contributed by atoms with E-state index in [1.807, 2.05) is 0 Å². The highest BCUT2D eigenvalue weighted by Gasteiger charge is 2.46. The molecule has 0 N–H and O–H groups in total. The van der Waals surface area contributed by atoms with Gasteiger partial charge in [-0.25, -0.2) is 0 Å². The lowest BCUT2D eigenvalue weighted by atomic mass is 9.43. The van der Waals surface area contributed by atoms with Crippen LogP contribution in [0.25, 0.3) is 55.3 Å². The normalized spacial score (nSPS) is 12.8. The number of anilines is 5. The monoisotopic (exact) mass is 774 g/mol. The lowest BCUT2D eigenvalue weighted by Crippen LogP contribution is -2.61. The zero-order valence-corrected chi connectivity index (χ0v) is 34.4. The third kappa shape index (κ3) is 5.96. The number of fused-ring (bicyclic) bond motifs is 8. The van der Waals surface area contributed by atoms with E-state index in [9.17, 15) is 0 Å². The number of benzene rings is 8. The van der Waals surface area contributed by atoms with Crippen LogP contribution in [-0.4, -0.2) is 6.85 Å². The van der Waals surface area contributed by atoms with Crippen molar-refractivity contribution >= 4 is 68.1 Å². The number of furan rings is 1. The van der Waals surface area contributed by atoms with E-state index >= 15 is 0 Å². The van der Waals surface area contributed by atoms with Gasteiger partial charge in [-0.1, -0.05) is 154 Å². The van der Waals surface area contributed by atoms with Crippen molar-refractivity contribution < 1.29 is 4.42 Å². The van der Waals surface area contributed by atoms with Crippen molar-refractivity contribution in [3.8, 4) is 33.4 Å². The van der Waals surface area contributed by atoms with Gasteiger partial charge < -0.3 is 14.1 Å². The van der Waals surface area contributed by atoms with E-state index < -0.39 is 0 Å². The maximum Gasteiger partial charge on any atom is 0.333 e. The van der Waals surface area contributed by atoms with Crippen molar-refractivity contribution in [1.82, 2.24) is 0 Å². The minimum Gasteiger partial charge on any atom is -0.454 e. The van der Waals surface area contributed by atoms with E-state index in [4.69, 9.17) is 4.42 Å². The number of para-hydroxylation sites is 2. The molecule has 290 valence electrons. The largest absolute Gasteiger partial charge is 0.454 e. The van der Waals surface area contributed by atoms with Gasteiger partial charge in [0, 0.05) is 39.0 Å². The molecule has 0 atom stereocenters. The van der Waals surface area contributed by atoms with Crippen LogP contribution in [0.5, 0.6) is 0 Å². The van der Waals surface area contributed by atoms with Crippen LogP contribution < -0.4 is 20.6 Å². The number of nitrogens with zero attached hydrogens (tertiary/aromatic N) is 2. The van der Waals surface area contributed by atoms with Gasteiger partial charge in [0.15, 0.2) is 5.58 Å². The Morgan fingerprint density at radius 3 is 1.95 bits per heavy atom. The smallest absolute Gasteiger partial charge is 0.333 e. The molecule has 3 heterocycles. The van der Waals surface area contributed by atoms with E-state index in [1.54, 1.807) is 0 Å². The van der Waals surface area contributed by atoms with Gasteiger partial charge in [-0.15, -0.1) is 0 Å². The molecule has 1 aromatic heterocycles. The second-order valence-electron chi connectivity index (χ2n) is 16.5. The number of hydrogen-bond donors (Lipinski definition) is 0. The highest BCUT2D eigenvalue weighted by molar-refractivity contribution is 6.94. The Hall–Kier alpha value is -6.78. The maximum atomic E-state index is 7.10. The first-order chi connectivity index (χ1) is 29.7. The Balaban J connectivity index is 1.27. The Labute approximate surface area is 353 Å². The van der Waals surface area contributed by atoms with Crippen molar-refractivity contribution in [2.45, 2.75) is 52.4 Å². The quantitative estimate of drug-likeness (QED) is 0.129. The number of aryl methyl sites for hydroxylation is 2. The van der Waals surface area contributed by atoms with Gasteiger partial charge >= 0.3 is 6.85 Å². The summed E-state index contributed by atoms with van der Waals surface area (Å²) in [7, 11) is 0. The van der Waals surface area contributed by atoms with Crippen LogP contribution in [0, 0.1) is 0 Å². The van der Waals surface area contributed by atoms with Crippen molar-refractivity contribution in [3.63, 3.8) is 0 Å². The standard InChI is InChI=1S/C56H47BN2O/c1-3-5-17-38-27-30-43(31-28-38)59-51-25-15-13-23-44(51)48-36-42(40-19-9-7-10-20-40)37-52-54(48)57(59)49-33-32-46-45-24-14-16-26-53(45)60-56(46)55(49)58(52)50-34-29-39(18-6-4-2)35-47(50)41-21-11-8-12-22-41/h7-16,19-37H,3-6,17-18H2,1-2H3. The molecule has 4 heteroatoms. The second-order valence-corrected chi connectivity index (χ2v) is 16.5. The van der Waals surface area contributed by atoms with Crippen LogP contribution in [0.3, 0.4) is 0 Å². The molecule has 0 bridgehead atoms. The fourth-order valence-electron chi connectivity index (χ4n) is 9.87. The van der Waals surface area contributed by atoms with Crippen LogP contribution in [0.15, 0.2) is 180 Å². The zero-order chi connectivity index (χ0) is 40.2. The second kappa shape index (κ2) is 15.1. The summed E-state index contributed by atoms with van der Waals surface area (Å²) in [6, 6.07) is 65.5. The summed E-state index contributed by atoms with van der Waals surface area (Å²) in [5.74, 6) is 0. The van der Waals surface area contributed by atoms with E-state index in [0.29, 0.717) is 0 Å². The number of rotatable bonds is 10. The summed E-state index contributed by atoms with van der Waals surface area (Å²) < 4.78 is 7.10. The Kier molecular flexibility index (Phi) is 9.15. The Morgan fingerprint density at radius 1 is 0.483 bits per heavy atom. The summed E-state index contributed by atoms with van der Waals surface area (Å²) >= 11 is 0. The molecule has 0 amide bonds. The third-order valence-corrected chi connectivity index (χ3v) is 12.8. The first-order valence-electron chi connectivity index (χ1n) is 21.8. The molecule has 11 rings (SSSR count). The average Bonchev–Trinajstić information content (AvgIpc) is 3.70.